The molecule has 1 N–H and O–H groups in total. The topological polar surface area (TPSA) is 51.7 Å². The van der Waals surface area contributed by atoms with E-state index in [0.29, 0.717) is 38.0 Å². The van der Waals surface area contributed by atoms with Crippen molar-refractivity contribution in [3.63, 3.8) is 0 Å². The van der Waals surface area contributed by atoms with Gasteiger partial charge in [0, 0.05) is 44.1 Å². The van der Waals surface area contributed by atoms with Crippen molar-refractivity contribution in [2.45, 2.75) is 75.7 Å². The Kier molecular flexibility index (Phi) is 4.50. The first-order chi connectivity index (χ1) is 13.4. The number of halogens is 2. The van der Waals surface area contributed by atoms with Crippen LogP contribution < -0.4 is 10.2 Å². The standard InChI is InChI=1S/C19H27F2N5OS/c1-24-8-13-2-3-14(9-24)26(13)18-23-15-10-25(11-16(15)28-18)17(27)22-12-4-6-19(20,21)7-5-12/h12-14H,2-11H2,1H3,(H,22,27). The quantitative estimate of drug-likeness (QED) is 0.813. The second kappa shape index (κ2) is 6.79. The minimum atomic E-state index is -2.57. The lowest BCUT2D eigenvalue weighted by atomic mass is 9.92. The second-order valence-corrected chi connectivity index (χ2v) is 9.88. The number of rotatable bonds is 2. The van der Waals surface area contributed by atoms with E-state index in [1.807, 2.05) is 0 Å². The van der Waals surface area contributed by atoms with Gasteiger partial charge in [-0.25, -0.2) is 18.6 Å². The van der Waals surface area contributed by atoms with E-state index in [1.165, 1.54) is 17.7 Å². The number of carbonyl (C=O) groups excluding carboxylic acids is 1. The number of hydrogen-bond donors (Lipinski definition) is 1. The molecule has 6 nitrogen and oxygen atoms in total. The number of hydrogen-bond acceptors (Lipinski definition) is 5. The van der Waals surface area contributed by atoms with Crippen LogP contribution in [0.4, 0.5) is 18.7 Å². The molecule has 4 heterocycles. The number of anilines is 1. The molecule has 154 valence electrons. The fraction of sp³-hybridized carbons (Fsp3) is 0.789. The number of carbonyl (C=O) groups is 1. The smallest absolute Gasteiger partial charge is 0.318 e. The van der Waals surface area contributed by atoms with E-state index in [0.717, 1.165) is 23.9 Å². The zero-order valence-corrected chi connectivity index (χ0v) is 17.0. The van der Waals surface area contributed by atoms with Crippen molar-refractivity contribution in [3.8, 4) is 0 Å². The van der Waals surface area contributed by atoms with Crippen LogP contribution in [0.3, 0.4) is 0 Å². The molecule has 1 aromatic heterocycles. The average Bonchev–Trinajstić information content (AvgIpc) is 3.26. The van der Waals surface area contributed by atoms with Crippen LogP contribution in [0.1, 0.15) is 49.1 Å². The van der Waals surface area contributed by atoms with E-state index in [2.05, 4.69) is 22.2 Å². The molecule has 0 spiro atoms. The molecule has 1 saturated carbocycles. The number of likely N-dealkylation sites (N-methyl/N-ethyl adjacent to an activating group) is 1. The van der Waals surface area contributed by atoms with Crippen LogP contribution in [0.5, 0.6) is 0 Å². The number of urea groups is 1. The number of fused-ring (bicyclic) bond motifs is 3. The van der Waals surface area contributed by atoms with E-state index in [-0.39, 0.29) is 24.9 Å². The van der Waals surface area contributed by atoms with Crippen molar-refractivity contribution >= 4 is 22.5 Å². The summed E-state index contributed by atoms with van der Waals surface area (Å²) in [6.45, 7) is 3.28. The second-order valence-electron chi connectivity index (χ2n) is 8.82. The molecule has 9 heteroatoms. The van der Waals surface area contributed by atoms with Crippen LogP contribution in [0.25, 0.3) is 0 Å². The lowest BCUT2D eigenvalue weighted by Gasteiger charge is -2.39. The number of nitrogens with one attached hydrogen (secondary N) is 1. The van der Waals surface area contributed by atoms with Crippen LogP contribution in [-0.2, 0) is 13.1 Å². The Morgan fingerprint density at radius 3 is 2.46 bits per heavy atom. The number of aromatic nitrogens is 1. The van der Waals surface area contributed by atoms with E-state index in [4.69, 9.17) is 4.98 Å². The predicted octanol–water partition coefficient (Wildman–Crippen LogP) is 3.03. The third-order valence-electron chi connectivity index (χ3n) is 6.66. The minimum absolute atomic E-state index is 0.135. The summed E-state index contributed by atoms with van der Waals surface area (Å²) in [4.78, 5) is 25.3. The Labute approximate surface area is 167 Å². The summed E-state index contributed by atoms with van der Waals surface area (Å²) < 4.78 is 26.6. The van der Waals surface area contributed by atoms with Gasteiger partial charge in [-0.2, -0.15) is 0 Å². The van der Waals surface area contributed by atoms with Gasteiger partial charge in [-0.3, -0.25) is 0 Å². The molecule has 3 fully saturated rings. The van der Waals surface area contributed by atoms with Gasteiger partial charge in [-0.1, -0.05) is 11.3 Å². The first-order valence-electron chi connectivity index (χ1n) is 10.3. The highest BCUT2D eigenvalue weighted by atomic mass is 32.1. The van der Waals surface area contributed by atoms with Crippen molar-refractivity contribution in [2.24, 2.45) is 0 Å². The number of likely N-dealkylation sites (tertiary alicyclic amines) is 1. The fourth-order valence-electron chi connectivity index (χ4n) is 5.16. The van der Waals surface area contributed by atoms with Gasteiger partial charge >= 0.3 is 6.03 Å². The highest BCUT2D eigenvalue weighted by Gasteiger charge is 2.41. The first-order valence-corrected chi connectivity index (χ1v) is 11.1. The molecule has 2 amide bonds. The van der Waals surface area contributed by atoms with Crippen molar-refractivity contribution in [1.82, 2.24) is 20.1 Å². The highest BCUT2D eigenvalue weighted by molar-refractivity contribution is 7.15. The number of alkyl halides is 2. The van der Waals surface area contributed by atoms with Crippen LogP contribution in [0, 0.1) is 0 Å². The summed E-state index contributed by atoms with van der Waals surface area (Å²) in [5, 5.41) is 4.06. The number of nitrogens with zero attached hydrogens (tertiary/aromatic N) is 4. The van der Waals surface area contributed by atoms with Crippen LogP contribution in [0.15, 0.2) is 0 Å². The van der Waals surface area contributed by atoms with Gasteiger partial charge in [0.2, 0.25) is 5.92 Å². The minimum Gasteiger partial charge on any atom is -0.340 e. The van der Waals surface area contributed by atoms with E-state index >= 15 is 0 Å². The SMILES string of the molecule is CN1CC2CCC(C1)N2c1nc2c(s1)CN(C(=O)NC1CCC(F)(F)CC1)C2. The summed E-state index contributed by atoms with van der Waals surface area (Å²) in [5.41, 5.74) is 1.00. The van der Waals surface area contributed by atoms with Gasteiger partial charge in [-0.05, 0) is 32.7 Å². The first kappa shape index (κ1) is 18.5. The summed E-state index contributed by atoms with van der Waals surface area (Å²) in [7, 11) is 2.19. The molecule has 0 radical (unpaired) electrons. The number of thiazole rings is 1. The normalized spacial score (nSPS) is 30.0. The highest BCUT2D eigenvalue weighted by Crippen LogP contribution is 2.40. The number of amides is 2. The van der Waals surface area contributed by atoms with E-state index in [1.54, 1.807) is 16.2 Å². The molecular weight excluding hydrogens is 384 g/mol. The Morgan fingerprint density at radius 2 is 1.82 bits per heavy atom. The zero-order chi connectivity index (χ0) is 19.5. The molecule has 2 unspecified atom stereocenters. The summed E-state index contributed by atoms with van der Waals surface area (Å²) in [5.74, 6) is -2.57. The molecule has 0 aromatic carbocycles. The Balaban J connectivity index is 1.19. The predicted molar refractivity (Wildman–Crippen MR) is 104 cm³/mol. The molecule has 5 rings (SSSR count). The Bertz CT molecular complexity index is 724. The van der Waals surface area contributed by atoms with Crippen LogP contribution >= 0.6 is 11.3 Å². The van der Waals surface area contributed by atoms with Gasteiger partial charge < -0.3 is 20.0 Å². The van der Waals surface area contributed by atoms with Crippen molar-refractivity contribution in [1.29, 1.82) is 0 Å². The Morgan fingerprint density at radius 1 is 1.14 bits per heavy atom. The van der Waals surface area contributed by atoms with Crippen LogP contribution in [-0.4, -0.2) is 65.0 Å². The largest absolute Gasteiger partial charge is 0.340 e. The molecule has 2 atom stereocenters. The molecule has 28 heavy (non-hydrogen) atoms. The molecule has 1 aliphatic carbocycles. The van der Waals surface area contributed by atoms with Gasteiger partial charge in [-0.15, -0.1) is 0 Å². The molecule has 1 aromatic rings. The summed E-state index contributed by atoms with van der Waals surface area (Å²) in [6.07, 6.45) is 2.89. The lowest BCUT2D eigenvalue weighted by Crippen LogP contribution is -2.52. The fourth-order valence-corrected chi connectivity index (χ4v) is 6.39. The molecule has 4 aliphatic rings. The van der Waals surface area contributed by atoms with E-state index in [9.17, 15) is 13.6 Å². The van der Waals surface area contributed by atoms with Gasteiger partial charge in [0.1, 0.15) is 0 Å². The zero-order valence-electron chi connectivity index (χ0n) is 16.2. The van der Waals surface area contributed by atoms with Gasteiger partial charge in [0.05, 0.1) is 23.7 Å². The van der Waals surface area contributed by atoms with Crippen molar-refractivity contribution in [3.05, 3.63) is 10.6 Å². The van der Waals surface area contributed by atoms with Crippen molar-refractivity contribution < 1.29 is 13.6 Å². The summed E-state index contributed by atoms with van der Waals surface area (Å²) in [6, 6.07) is 0.814. The molecule has 3 aliphatic heterocycles. The third-order valence-corrected chi connectivity index (χ3v) is 7.76. The van der Waals surface area contributed by atoms with Gasteiger partial charge in [0.15, 0.2) is 5.13 Å². The Hall–Kier alpha value is -1.48. The van der Waals surface area contributed by atoms with E-state index < -0.39 is 5.92 Å². The van der Waals surface area contributed by atoms with Crippen molar-refractivity contribution in [2.75, 3.05) is 25.0 Å². The summed E-state index contributed by atoms with van der Waals surface area (Å²) >= 11 is 1.72. The molecular formula is C19H27F2N5OS. The third kappa shape index (κ3) is 3.36. The molecule has 2 bridgehead atoms. The maximum absolute atomic E-state index is 13.3. The maximum atomic E-state index is 13.3. The molecule has 2 saturated heterocycles. The monoisotopic (exact) mass is 411 g/mol. The maximum Gasteiger partial charge on any atom is 0.318 e. The number of piperazine rings is 1. The lowest BCUT2D eigenvalue weighted by molar-refractivity contribution is -0.0398. The van der Waals surface area contributed by atoms with Crippen LogP contribution in [0.2, 0.25) is 0 Å². The average molecular weight is 412 g/mol. The van der Waals surface area contributed by atoms with Gasteiger partial charge in [0.25, 0.3) is 0 Å².